The predicted molar refractivity (Wildman–Crippen MR) is 76.8 cm³/mol. The van der Waals surface area contributed by atoms with Gasteiger partial charge in [0.05, 0.1) is 18.5 Å². The summed E-state index contributed by atoms with van der Waals surface area (Å²) in [4.78, 5) is 17.1. The minimum atomic E-state index is -0.144. The second-order valence-electron chi connectivity index (χ2n) is 4.57. The highest BCUT2D eigenvalue weighted by Crippen LogP contribution is 2.14. The summed E-state index contributed by atoms with van der Waals surface area (Å²) in [7, 11) is 1.49. The zero-order chi connectivity index (χ0) is 14.7. The van der Waals surface area contributed by atoms with Gasteiger partial charge in [-0.3, -0.25) is 9.63 Å². The molecule has 1 amide bonds. The number of carbonyl (C=O) groups is 1. The van der Waals surface area contributed by atoms with E-state index < -0.39 is 0 Å². The van der Waals surface area contributed by atoms with Crippen LogP contribution in [0.5, 0.6) is 0 Å². The maximum Gasteiger partial charge on any atom is 0.277 e. The third-order valence-corrected chi connectivity index (χ3v) is 3.10. The monoisotopic (exact) mass is 273 g/mol. The van der Waals surface area contributed by atoms with Crippen LogP contribution in [0.15, 0.2) is 30.3 Å². The zero-order valence-corrected chi connectivity index (χ0v) is 12.3. The molecule has 0 bridgehead atoms. The van der Waals surface area contributed by atoms with Crippen LogP contribution in [0.2, 0.25) is 0 Å². The Balaban J connectivity index is 2.26. The number of nitrogens with zero attached hydrogens (tertiary/aromatic N) is 3. The molecule has 0 N–H and O–H groups in total. The van der Waals surface area contributed by atoms with Crippen molar-refractivity contribution in [1.29, 1.82) is 0 Å². The molecule has 5 nitrogen and oxygen atoms in total. The summed E-state index contributed by atoms with van der Waals surface area (Å²) in [5.41, 5.74) is 3.57. The Morgan fingerprint density at radius 1 is 1.30 bits per heavy atom. The molecule has 2 rings (SSSR count). The van der Waals surface area contributed by atoms with Gasteiger partial charge in [-0.15, -0.1) is 0 Å². The van der Waals surface area contributed by atoms with Crippen molar-refractivity contribution in [2.24, 2.45) is 0 Å². The number of amides is 1. The van der Waals surface area contributed by atoms with E-state index >= 15 is 0 Å². The van der Waals surface area contributed by atoms with Crippen molar-refractivity contribution in [3.8, 4) is 5.69 Å². The van der Waals surface area contributed by atoms with Crippen molar-refractivity contribution in [3.05, 3.63) is 47.3 Å². The van der Waals surface area contributed by atoms with Crippen molar-refractivity contribution in [2.75, 3.05) is 13.7 Å². The maximum atomic E-state index is 12.1. The Bertz CT molecular complexity index is 598. The highest BCUT2D eigenvalue weighted by atomic mass is 16.7. The standard InChI is InChI=1S/C15H19N3O2/c1-5-17(20-4)15(19)13-6-8-14(9-7-13)18-12(3)10-11(2)16-18/h6-10H,5H2,1-4H3. The highest BCUT2D eigenvalue weighted by Gasteiger charge is 2.14. The fraction of sp³-hybridized carbons (Fsp3) is 0.333. The molecule has 0 saturated heterocycles. The van der Waals surface area contributed by atoms with Crippen LogP contribution < -0.4 is 0 Å². The number of aryl methyl sites for hydroxylation is 2. The summed E-state index contributed by atoms with van der Waals surface area (Å²) < 4.78 is 1.86. The van der Waals surface area contributed by atoms with Crippen LogP contribution in [0.1, 0.15) is 28.7 Å². The van der Waals surface area contributed by atoms with Crippen LogP contribution in [0.3, 0.4) is 0 Å². The van der Waals surface area contributed by atoms with Gasteiger partial charge in [-0.1, -0.05) is 0 Å². The van der Waals surface area contributed by atoms with E-state index in [0.29, 0.717) is 12.1 Å². The summed E-state index contributed by atoms with van der Waals surface area (Å²) in [5.74, 6) is -0.144. The molecule has 0 saturated carbocycles. The molecule has 1 aromatic heterocycles. The van der Waals surface area contributed by atoms with E-state index in [4.69, 9.17) is 4.84 Å². The minimum absolute atomic E-state index is 0.144. The SMILES string of the molecule is CCN(OC)C(=O)c1ccc(-n2nc(C)cc2C)cc1. The van der Waals surface area contributed by atoms with Crippen LogP contribution in [-0.2, 0) is 4.84 Å². The molecule has 1 heterocycles. The number of hydrogen-bond donors (Lipinski definition) is 0. The molecule has 0 fully saturated rings. The maximum absolute atomic E-state index is 12.1. The van der Waals surface area contributed by atoms with Gasteiger partial charge in [-0.25, -0.2) is 9.75 Å². The van der Waals surface area contributed by atoms with Gasteiger partial charge < -0.3 is 0 Å². The first-order valence-electron chi connectivity index (χ1n) is 6.56. The van der Waals surface area contributed by atoms with E-state index in [9.17, 15) is 4.79 Å². The molecule has 0 aliphatic carbocycles. The van der Waals surface area contributed by atoms with Crippen molar-refractivity contribution in [2.45, 2.75) is 20.8 Å². The molecule has 2 aromatic rings. The fourth-order valence-corrected chi connectivity index (χ4v) is 2.14. The number of benzene rings is 1. The summed E-state index contributed by atoms with van der Waals surface area (Å²) in [6, 6.07) is 9.36. The van der Waals surface area contributed by atoms with E-state index in [0.717, 1.165) is 17.1 Å². The normalized spacial score (nSPS) is 10.6. The average Bonchev–Trinajstić information content (AvgIpc) is 2.79. The number of hydroxylamine groups is 2. The first-order chi connectivity index (χ1) is 9.56. The molecule has 0 spiro atoms. The molecule has 0 aliphatic rings. The van der Waals surface area contributed by atoms with E-state index in [1.165, 1.54) is 12.2 Å². The predicted octanol–water partition coefficient (Wildman–Crippen LogP) is 2.51. The van der Waals surface area contributed by atoms with Gasteiger partial charge in [0.25, 0.3) is 5.91 Å². The van der Waals surface area contributed by atoms with Gasteiger partial charge in [0.2, 0.25) is 0 Å². The number of carbonyl (C=O) groups excluding carboxylic acids is 1. The van der Waals surface area contributed by atoms with Gasteiger partial charge in [0.15, 0.2) is 0 Å². The second kappa shape index (κ2) is 5.88. The van der Waals surface area contributed by atoms with E-state index in [-0.39, 0.29) is 5.91 Å². The highest BCUT2D eigenvalue weighted by molar-refractivity contribution is 5.93. The third-order valence-electron chi connectivity index (χ3n) is 3.10. The summed E-state index contributed by atoms with van der Waals surface area (Å²) in [6.45, 7) is 6.34. The molecule has 0 aliphatic heterocycles. The first-order valence-corrected chi connectivity index (χ1v) is 6.56. The van der Waals surface area contributed by atoms with Crippen molar-refractivity contribution in [1.82, 2.24) is 14.8 Å². The van der Waals surface area contributed by atoms with Crippen LogP contribution in [0.25, 0.3) is 5.69 Å². The quantitative estimate of drug-likeness (QED) is 0.804. The van der Waals surface area contributed by atoms with Gasteiger partial charge >= 0.3 is 0 Å². The minimum Gasteiger partial charge on any atom is -0.274 e. The number of aromatic nitrogens is 2. The number of hydrogen-bond acceptors (Lipinski definition) is 3. The lowest BCUT2D eigenvalue weighted by atomic mass is 10.2. The molecule has 5 heteroatoms. The lowest BCUT2D eigenvalue weighted by molar-refractivity contribution is -0.0915. The van der Waals surface area contributed by atoms with Crippen LogP contribution in [0.4, 0.5) is 0 Å². The molecule has 0 atom stereocenters. The summed E-state index contributed by atoms with van der Waals surface area (Å²) in [5, 5.41) is 5.74. The Morgan fingerprint density at radius 2 is 1.95 bits per heavy atom. The largest absolute Gasteiger partial charge is 0.277 e. The van der Waals surface area contributed by atoms with Gasteiger partial charge in [-0.05, 0) is 51.1 Å². The lowest BCUT2D eigenvalue weighted by Gasteiger charge is -2.17. The smallest absolute Gasteiger partial charge is 0.274 e. The Kier molecular flexibility index (Phi) is 4.20. The summed E-state index contributed by atoms with van der Waals surface area (Å²) >= 11 is 0. The van der Waals surface area contributed by atoms with E-state index in [1.54, 1.807) is 12.1 Å². The lowest BCUT2D eigenvalue weighted by Crippen LogP contribution is -2.29. The molecule has 1 aromatic carbocycles. The number of rotatable bonds is 4. The second-order valence-corrected chi connectivity index (χ2v) is 4.57. The van der Waals surface area contributed by atoms with Crippen molar-refractivity contribution < 1.29 is 9.63 Å². The van der Waals surface area contributed by atoms with E-state index in [1.807, 2.05) is 43.7 Å². The molecule has 106 valence electrons. The van der Waals surface area contributed by atoms with Crippen LogP contribution >= 0.6 is 0 Å². The molecular formula is C15H19N3O2. The van der Waals surface area contributed by atoms with Crippen LogP contribution in [0, 0.1) is 13.8 Å². The first kappa shape index (κ1) is 14.3. The Hall–Kier alpha value is -2.14. The van der Waals surface area contributed by atoms with Crippen LogP contribution in [-0.4, -0.2) is 34.4 Å². The Labute approximate surface area is 118 Å². The zero-order valence-electron chi connectivity index (χ0n) is 12.3. The molecule has 0 unspecified atom stereocenters. The topological polar surface area (TPSA) is 47.4 Å². The van der Waals surface area contributed by atoms with Gasteiger partial charge in [0, 0.05) is 17.8 Å². The van der Waals surface area contributed by atoms with Gasteiger partial charge in [-0.2, -0.15) is 5.10 Å². The van der Waals surface area contributed by atoms with E-state index in [2.05, 4.69) is 5.10 Å². The summed E-state index contributed by atoms with van der Waals surface area (Å²) in [6.07, 6.45) is 0. The molecule has 0 radical (unpaired) electrons. The van der Waals surface area contributed by atoms with Gasteiger partial charge in [0.1, 0.15) is 0 Å². The fourth-order valence-electron chi connectivity index (χ4n) is 2.14. The third kappa shape index (κ3) is 2.72. The van der Waals surface area contributed by atoms with Crippen molar-refractivity contribution in [3.63, 3.8) is 0 Å². The molecule has 20 heavy (non-hydrogen) atoms. The molecular weight excluding hydrogens is 254 g/mol. The average molecular weight is 273 g/mol. The van der Waals surface area contributed by atoms with Crippen molar-refractivity contribution >= 4 is 5.91 Å². The Morgan fingerprint density at radius 3 is 2.40 bits per heavy atom.